The van der Waals surface area contributed by atoms with E-state index in [-0.39, 0.29) is 5.56 Å². The monoisotopic (exact) mass is 341 g/mol. The van der Waals surface area contributed by atoms with Crippen LogP contribution >= 0.6 is 15.9 Å². The fourth-order valence-corrected chi connectivity index (χ4v) is 2.57. The van der Waals surface area contributed by atoms with Gasteiger partial charge in [-0.2, -0.15) is 0 Å². The maximum atomic E-state index is 13.5. The molecular weight excluding hydrogens is 329 g/mol. The zero-order valence-electron chi connectivity index (χ0n) is 10.6. The maximum absolute atomic E-state index is 13.5. The van der Waals surface area contributed by atoms with Crippen molar-refractivity contribution in [2.24, 2.45) is 0 Å². The molecule has 0 bridgehead atoms. The Morgan fingerprint density at radius 2 is 2.20 bits per heavy atom. The van der Waals surface area contributed by atoms with E-state index in [1.807, 2.05) is 0 Å². The van der Waals surface area contributed by atoms with E-state index < -0.39 is 23.7 Å². The zero-order valence-corrected chi connectivity index (χ0v) is 12.1. The first-order chi connectivity index (χ1) is 9.49. The van der Waals surface area contributed by atoms with Gasteiger partial charge in [0.25, 0.3) is 0 Å². The van der Waals surface area contributed by atoms with Crippen molar-refractivity contribution in [2.45, 2.75) is 18.9 Å². The average Bonchev–Trinajstić information content (AvgIpc) is 2.89. The number of amides is 1. The van der Waals surface area contributed by atoms with Crippen LogP contribution in [0.25, 0.3) is 6.08 Å². The molecule has 1 atom stereocenters. The number of hydrogen-bond acceptors (Lipinski definition) is 2. The molecule has 1 N–H and O–H groups in total. The van der Waals surface area contributed by atoms with Crippen LogP contribution in [0.5, 0.6) is 0 Å². The Morgan fingerprint density at radius 3 is 2.90 bits per heavy atom. The van der Waals surface area contributed by atoms with Crippen molar-refractivity contribution in [3.05, 3.63) is 40.1 Å². The van der Waals surface area contributed by atoms with E-state index in [0.717, 1.165) is 0 Å². The molecule has 0 saturated carbocycles. The van der Waals surface area contributed by atoms with Gasteiger partial charge in [0, 0.05) is 22.7 Å². The molecule has 1 aliphatic rings. The van der Waals surface area contributed by atoms with E-state index in [2.05, 4.69) is 15.9 Å². The predicted octanol–water partition coefficient (Wildman–Crippen LogP) is 2.68. The minimum absolute atomic E-state index is 0.277. The number of carboxylic acid groups (broad SMARTS) is 1. The second-order valence-corrected chi connectivity index (χ2v) is 5.44. The van der Waals surface area contributed by atoms with E-state index in [9.17, 15) is 14.0 Å². The van der Waals surface area contributed by atoms with Crippen LogP contribution in [0.1, 0.15) is 18.4 Å². The van der Waals surface area contributed by atoms with Gasteiger partial charge >= 0.3 is 5.97 Å². The van der Waals surface area contributed by atoms with E-state index in [4.69, 9.17) is 5.11 Å². The van der Waals surface area contributed by atoms with Gasteiger partial charge in [-0.25, -0.2) is 9.18 Å². The second kappa shape index (κ2) is 6.17. The van der Waals surface area contributed by atoms with Gasteiger partial charge in [0.1, 0.15) is 11.9 Å². The summed E-state index contributed by atoms with van der Waals surface area (Å²) in [5, 5.41) is 9.01. The smallest absolute Gasteiger partial charge is 0.326 e. The fourth-order valence-electron chi connectivity index (χ4n) is 2.19. The van der Waals surface area contributed by atoms with Gasteiger partial charge in [-0.15, -0.1) is 0 Å². The standard InChI is InChI=1S/C14H13BrFNO3/c15-10-4-5-11(16)9(8-10)3-6-13(18)17-7-1-2-12(17)14(19)20/h3-6,8,12H,1-2,7H2,(H,19,20)/t12-/m1/s1. The van der Waals surface area contributed by atoms with Crippen LogP contribution in [0.3, 0.4) is 0 Å². The summed E-state index contributed by atoms with van der Waals surface area (Å²) in [5.41, 5.74) is 0.277. The lowest BCUT2D eigenvalue weighted by atomic mass is 10.2. The fraction of sp³-hybridized carbons (Fsp3) is 0.286. The van der Waals surface area contributed by atoms with Crippen molar-refractivity contribution in [1.29, 1.82) is 0 Å². The van der Waals surface area contributed by atoms with Gasteiger partial charge in [0.2, 0.25) is 5.91 Å². The molecule has 20 heavy (non-hydrogen) atoms. The summed E-state index contributed by atoms with van der Waals surface area (Å²) in [4.78, 5) is 24.3. The molecule has 1 amide bonds. The molecule has 2 rings (SSSR count). The summed E-state index contributed by atoms with van der Waals surface area (Å²) in [5.74, 6) is -1.85. The molecule has 0 aromatic heterocycles. The number of carbonyl (C=O) groups excluding carboxylic acids is 1. The van der Waals surface area contributed by atoms with Crippen molar-refractivity contribution < 1.29 is 19.1 Å². The Kier molecular flexibility index (Phi) is 4.54. The summed E-state index contributed by atoms with van der Waals surface area (Å²) in [6, 6.07) is 3.64. The Balaban J connectivity index is 2.13. The molecule has 6 heteroatoms. The van der Waals surface area contributed by atoms with Crippen molar-refractivity contribution in [2.75, 3.05) is 6.54 Å². The highest BCUT2D eigenvalue weighted by Crippen LogP contribution is 2.20. The Hall–Kier alpha value is -1.69. The quantitative estimate of drug-likeness (QED) is 0.860. The van der Waals surface area contributed by atoms with E-state index >= 15 is 0 Å². The number of carboxylic acids is 1. The highest BCUT2D eigenvalue weighted by Gasteiger charge is 2.32. The third-order valence-electron chi connectivity index (χ3n) is 3.18. The Bertz CT molecular complexity index is 574. The van der Waals surface area contributed by atoms with E-state index in [1.54, 1.807) is 12.1 Å². The van der Waals surface area contributed by atoms with Crippen LogP contribution in [-0.2, 0) is 9.59 Å². The lowest BCUT2D eigenvalue weighted by Crippen LogP contribution is -2.39. The normalized spacial score (nSPS) is 18.7. The third kappa shape index (κ3) is 3.25. The Morgan fingerprint density at radius 1 is 1.45 bits per heavy atom. The number of aliphatic carboxylic acids is 1. The van der Waals surface area contributed by atoms with Crippen LogP contribution < -0.4 is 0 Å². The molecule has 1 aromatic rings. The molecule has 106 valence electrons. The molecule has 1 saturated heterocycles. The first-order valence-electron chi connectivity index (χ1n) is 6.15. The molecule has 1 aromatic carbocycles. The summed E-state index contributed by atoms with van der Waals surface area (Å²) in [7, 11) is 0. The number of rotatable bonds is 3. The topological polar surface area (TPSA) is 57.6 Å². The first kappa shape index (κ1) is 14.7. The summed E-state index contributed by atoms with van der Waals surface area (Å²) in [6.45, 7) is 0.418. The molecular formula is C14H13BrFNO3. The molecule has 1 fully saturated rings. The van der Waals surface area contributed by atoms with Crippen molar-refractivity contribution in [3.63, 3.8) is 0 Å². The number of nitrogens with zero attached hydrogens (tertiary/aromatic N) is 1. The lowest BCUT2D eigenvalue weighted by Gasteiger charge is -2.19. The number of carbonyl (C=O) groups is 2. The summed E-state index contributed by atoms with van der Waals surface area (Å²) >= 11 is 3.22. The van der Waals surface area contributed by atoms with Crippen LogP contribution in [0.2, 0.25) is 0 Å². The van der Waals surface area contributed by atoms with E-state index in [1.165, 1.54) is 23.1 Å². The van der Waals surface area contributed by atoms with Gasteiger partial charge in [-0.05, 0) is 37.1 Å². The van der Waals surface area contributed by atoms with Gasteiger partial charge < -0.3 is 10.0 Å². The van der Waals surface area contributed by atoms with Gasteiger partial charge in [0.05, 0.1) is 0 Å². The minimum atomic E-state index is -1.00. The molecule has 4 nitrogen and oxygen atoms in total. The molecule has 1 heterocycles. The van der Waals surface area contributed by atoms with E-state index in [0.29, 0.717) is 23.9 Å². The van der Waals surface area contributed by atoms with Crippen LogP contribution in [0, 0.1) is 5.82 Å². The molecule has 0 aliphatic carbocycles. The predicted molar refractivity (Wildman–Crippen MR) is 75.5 cm³/mol. The van der Waals surface area contributed by atoms with Crippen LogP contribution in [0.15, 0.2) is 28.7 Å². The van der Waals surface area contributed by atoms with Crippen molar-refractivity contribution in [3.8, 4) is 0 Å². The number of benzene rings is 1. The highest BCUT2D eigenvalue weighted by atomic mass is 79.9. The van der Waals surface area contributed by atoms with Crippen molar-refractivity contribution in [1.82, 2.24) is 4.90 Å². The molecule has 1 aliphatic heterocycles. The zero-order chi connectivity index (χ0) is 14.7. The SMILES string of the molecule is O=C(O)[C@H]1CCCN1C(=O)C=Cc1cc(Br)ccc1F. The summed E-state index contributed by atoms with van der Waals surface area (Å²) < 4.78 is 14.2. The maximum Gasteiger partial charge on any atom is 0.326 e. The average molecular weight is 342 g/mol. The first-order valence-corrected chi connectivity index (χ1v) is 6.95. The minimum Gasteiger partial charge on any atom is -0.480 e. The Labute approximate surface area is 124 Å². The van der Waals surface area contributed by atoms with Crippen LogP contribution in [-0.4, -0.2) is 34.5 Å². The van der Waals surface area contributed by atoms with Crippen LogP contribution in [0.4, 0.5) is 4.39 Å². The molecule has 0 radical (unpaired) electrons. The number of likely N-dealkylation sites (tertiary alicyclic amines) is 1. The van der Waals surface area contributed by atoms with Gasteiger partial charge in [0.15, 0.2) is 0 Å². The largest absolute Gasteiger partial charge is 0.480 e. The third-order valence-corrected chi connectivity index (χ3v) is 3.68. The van der Waals surface area contributed by atoms with Gasteiger partial charge in [-0.3, -0.25) is 4.79 Å². The lowest BCUT2D eigenvalue weighted by molar-refractivity contribution is -0.146. The highest BCUT2D eigenvalue weighted by molar-refractivity contribution is 9.10. The number of hydrogen-bond donors (Lipinski definition) is 1. The van der Waals surface area contributed by atoms with Crippen molar-refractivity contribution >= 4 is 33.9 Å². The second-order valence-electron chi connectivity index (χ2n) is 4.53. The van der Waals surface area contributed by atoms with Gasteiger partial charge in [-0.1, -0.05) is 15.9 Å². The molecule has 0 spiro atoms. The molecule has 0 unspecified atom stereocenters. The summed E-state index contributed by atoms with van der Waals surface area (Å²) in [6.07, 6.45) is 3.70. The number of halogens is 2.